The van der Waals surface area contributed by atoms with Gasteiger partial charge in [-0.3, -0.25) is 0 Å². The fourth-order valence-electron chi connectivity index (χ4n) is 7.38. The second-order valence-corrected chi connectivity index (χ2v) is 12.7. The van der Waals surface area contributed by atoms with Crippen LogP contribution < -0.4 is 4.90 Å². The van der Waals surface area contributed by atoms with Gasteiger partial charge >= 0.3 is 0 Å². The molecule has 0 fully saturated rings. The van der Waals surface area contributed by atoms with Crippen LogP contribution in [0.1, 0.15) is 0 Å². The predicted octanol–water partition coefficient (Wildman–Crippen LogP) is 13.2. The third kappa shape index (κ3) is 4.59. The van der Waals surface area contributed by atoms with Gasteiger partial charge in [-0.15, -0.1) is 0 Å². The van der Waals surface area contributed by atoms with Gasteiger partial charge in [0.15, 0.2) is 0 Å². The molecule has 2 aromatic heterocycles. The van der Waals surface area contributed by atoms with Crippen molar-refractivity contribution in [2.24, 2.45) is 0 Å². The molecule has 2 heterocycles. The fraction of sp³-hybridized carbons (Fsp3) is 0. The number of aromatic amines is 1. The maximum atomic E-state index is 6.26. The fourth-order valence-corrected chi connectivity index (χ4v) is 7.38. The van der Waals surface area contributed by atoms with Gasteiger partial charge in [-0.25, -0.2) is 0 Å². The van der Waals surface area contributed by atoms with Crippen LogP contribution in [-0.2, 0) is 0 Å². The summed E-state index contributed by atoms with van der Waals surface area (Å²) in [6.45, 7) is 0. The summed E-state index contributed by atoms with van der Waals surface area (Å²) in [5, 5.41) is 7.10. The van der Waals surface area contributed by atoms with E-state index in [0.717, 1.165) is 61.2 Å². The van der Waals surface area contributed by atoms with Gasteiger partial charge in [0, 0.05) is 49.7 Å². The van der Waals surface area contributed by atoms with Crippen LogP contribution in [0.3, 0.4) is 0 Å². The molecular weight excluding hydrogens is 597 g/mol. The van der Waals surface area contributed by atoms with Crippen molar-refractivity contribution in [1.29, 1.82) is 0 Å². The van der Waals surface area contributed by atoms with Crippen LogP contribution in [0.2, 0.25) is 0 Å². The van der Waals surface area contributed by atoms with E-state index in [1.807, 2.05) is 12.1 Å². The standard InChI is InChI=1S/C46H30N2O/c1-2-9-30(10-3-1)32-17-21-35(22-18-32)48(36-23-19-31-11-4-5-12-33(31)27-36)37-24-26-43-42(29-37)41-15-8-14-38(46(41)47-43)34-20-25-40-39-13-6-7-16-44(39)49-45(40)28-34/h1-29,47H. The lowest BCUT2D eigenvalue weighted by molar-refractivity contribution is 0.669. The molecule has 0 bridgehead atoms. The van der Waals surface area contributed by atoms with Gasteiger partial charge in [0.25, 0.3) is 0 Å². The number of hydrogen-bond donors (Lipinski definition) is 1. The molecular formula is C46H30N2O. The minimum absolute atomic E-state index is 0.901. The van der Waals surface area contributed by atoms with Crippen LogP contribution in [-0.4, -0.2) is 4.98 Å². The first kappa shape index (κ1) is 27.5. The number of hydrogen-bond acceptors (Lipinski definition) is 2. The Balaban J connectivity index is 1.12. The van der Waals surface area contributed by atoms with Crippen molar-refractivity contribution in [3.63, 3.8) is 0 Å². The van der Waals surface area contributed by atoms with Crippen LogP contribution in [0.25, 0.3) is 76.8 Å². The number of anilines is 3. The van der Waals surface area contributed by atoms with E-state index in [1.165, 1.54) is 32.7 Å². The van der Waals surface area contributed by atoms with Crippen molar-refractivity contribution in [2.75, 3.05) is 4.90 Å². The Kier molecular flexibility index (Phi) is 6.18. The summed E-state index contributed by atoms with van der Waals surface area (Å²) in [7, 11) is 0. The average Bonchev–Trinajstić information content (AvgIpc) is 3.73. The first-order valence-electron chi connectivity index (χ1n) is 16.7. The molecule has 3 heteroatoms. The molecule has 0 amide bonds. The van der Waals surface area contributed by atoms with Gasteiger partial charge in [0.2, 0.25) is 0 Å². The number of rotatable bonds is 5. The monoisotopic (exact) mass is 626 g/mol. The van der Waals surface area contributed by atoms with E-state index in [0.29, 0.717) is 0 Å². The number of nitrogens with zero attached hydrogens (tertiary/aromatic N) is 1. The highest BCUT2D eigenvalue weighted by atomic mass is 16.3. The SMILES string of the molecule is c1ccc(-c2ccc(N(c3ccc4ccccc4c3)c3ccc4[nH]c5c(-c6ccc7c(c6)oc6ccccc67)cccc5c4c3)cc2)cc1. The first-order valence-corrected chi connectivity index (χ1v) is 16.7. The zero-order valence-electron chi connectivity index (χ0n) is 26.6. The van der Waals surface area contributed by atoms with Gasteiger partial charge in [0.1, 0.15) is 11.2 Å². The molecule has 0 aliphatic rings. The molecule has 0 spiro atoms. The van der Waals surface area contributed by atoms with Gasteiger partial charge in [-0.2, -0.15) is 0 Å². The molecule has 10 rings (SSSR count). The third-order valence-corrected chi connectivity index (χ3v) is 9.79. The lowest BCUT2D eigenvalue weighted by atomic mass is 10.0. The Hall–Kier alpha value is -6.58. The molecule has 0 unspecified atom stereocenters. The van der Waals surface area contributed by atoms with E-state index in [1.54, 1.807) is 0 Å². The largest absolute Gasteiger partial charge is 0.456 e. The lowest BCUT2D eigenvalue weighted by Gasteiger charge is -2.26. The number of furan rings is 1. The van der Waals surface area contributed by atoms with E-state index in [9.17, 15) is 0 Å². The molecule has 0 radical (unpaired) electrons. The summed E-state index contributed by atoms with van der Waals surface area (Å²) in [5.74, 6) is 0. The molecule has 1 N–H and O–H groups in total. The van der Waals surface area contributed by atoms with Gasteiger partial charge in [0.05, 0.1) is 5.52 Å². The number of fused-ring (bicyclic) bond motifs is 7. The van der Waals surface area contributed by atoms with Gasteiger partial charge in [-0.05, 0) is 88.1 Å². The predicted molar refractivity (Wildman–Crippen MR) is 206 cm³/mol. The van der Waals surface area contributed by atoms with Crippen LogP contribution >= 0.6 is 0 Å². The molecule has 0 saturated carbocycles. The highest BCUT2D eigenvalue weighted by Gasteiger charge is 2.17. The van der Waals surface area contributed by atoms with E-state index >= 15 is 0 Å². The Morgan fingerprint density at radius 3 is 1.96 bits per heavy atom. The van der Waals surface area contributed by atoms with Gasteiger partial charge in [-0.1, -0.05) is 115 Å². The third-order valence-electron chi connectivity index (χ3n) is 9.79. The van der Waals surface area contributed by atoms with E-state index in [4.69, 9.17) is 4.42 Å². The molecule has 0 aliphatic heterocycles. The van der Waals surface area contributed by atoms with E-state index in [2.05, 4.69) is 174 Å². The first-order chi connectivity index (χ1) is 24.3. The summed E-state index contributed by atoms with van der Waals surface area (Å²) in [6, 6.07) is 62.8. The number of benzene rings is 8. The topological polar surface area (TPSA) is 32.2 Å². The molecule has 49 heavy (non-hydrogen) atoms. The van der Waals surface area contributed by atoms with Crippen LogP contribution in [0.4, 0.5) is 17.1 Å². The van der Waals surface area contributed by atoms with Crippen LogP contribution in [0.15, 0.2) is 180 Å². The van der Waals surface area contributed by atoms with Crippen LogP contribution in [0.5, 0.6) is 0 Å². The Morgan fingerprint density at radius 2 is 1.06 bits per heavy atom. The number of nitrogens with one attached hydrogen (secondary N) is 1. The van der Waals surface area contributed by atoms with Crippen molar-refractivity contribution in [1.82, 2.24) is 4.98 Å². The highest BCUT2D eigenvalue weighted by molar-refractivity contribution is 6.14. The normalized spacial score (nSPS) is 11.7. The molecule has 10 aromatic rings. The summed E-state index contributed by atoms with van der Waals surface area (Å²) < 4.78 is 6.26. The minimum Gasteiger partial charge on any atom is -0.456 e. The second-order valence-electron chi connectivity index (χ2n) is 12.7. The minimum atomic E-state index is 0.901. The van der Waals surface area contributed by atoms with E-state index in [-0.39, 0.29) is 0 Å². The molecule has 0 atom stereocenters. The highest BCUT2D eigenvalue weighted by Crippen LogP contribution is 2.41. The maximum absolute atomic E-state index is 6.26. The van der Waals surface area contributed by atoms with Crippen molar-refractivity contribution >= 4 is 71.6 Å². The molecule has 8 aromatic carbocycles. The van der Waals surface area contributed by atoms with E-state index < -0.39 is 0 Å². The molecule has 230 valence electrons. The Bertz CT molecular complexity index is 2830. The Morgan fingerprint density at radius 1 is 0.388 bits per heavy atom. The van der Waals surface area contributed by atoms with Crippen molar-refractivity contribution in [3.8, 4) is 22.3 Å². The maximum Gasteiger partial charge on any atom is 0.136 e. The lowest BCUT2D eigenvalue weighted by Crippen LogP contribution is -2.09. The number of H-pyrrole nitrogens is 1. The summed E-state index contributed by atoms with van der Waals surface area (Å²) in [6.07, 6.45) is 0. The van der Waals surface area contributed by atoms with Crippen LogP contribution in [0, 0.1) is 0 Å². The van der Waals surface area contributed by atoms with Crippen molar-refractivity contribution in [2.45, 2.75) is 0 Å². The average molecular weight is 627 g/mol. The molecule has 0 aliphatic carbocycles. The second kappa shape index (κ2) is 11.0. The number of aromatic nitrogens is 1. The van der Waals surface area contributed by atoms with Crippen molar-refractivity contribution in [3.05, 3.63) is 176 Å². The summed E-state index contributed by atoms with van der Waals surface area (Å²) in [4.78, 5) is 6.13. The quantitative estimate of drug-likeness (QED) is 0.206. The van der Waals surface area contributed by atoms with Crippen molar-refractivity contribution < 1.29 is 4.42 Å². The summed E-state index contributed by atoms with van der Waals surface area (Å²) >= 11 is 0. The van der Waals surface area contributed by atoms with Gasteiger partial charge < -0.3 is 14.3 Å². The Labute approximate surface area is 283 Å². The summed E-state index contributed by atoms with van der Waals surface area (Å²) in [5.41, 5.74) is 12.0. The number of para-hydroxylation sites is 2. The smallest absolute Gasteiger partial charge is 0.136 e. The molecule has 3 nitrogen and oxygen atoms in total. The zero-order chi connectivity index (χ0) is 32.3. The molecule has 0 saturated heterocycles. The zero-order valence-corrected chi connectivity index (χ0v) is 26.6.